The van der Waals surface area contributed by atoms with Gasteiger partial charge in [-0.05, 0) is 56.0 Å². The first-order valence-corrected chi connectivity index (χ1v) is 9.61. The van der Waals surface area contributed by atoms with Crippen LogP contribution in [0.1, 0.15) is 36.9 Å². The molecule has 0 bridgehead atoms. The molecule has 1 saturated carbocycles. The van der Waals surface area contributed by atoms with Gasteiger partial charge in [0.2, 0.25) is 15.8 Å². The van der Waals surface area contributed by atoms with Crippen molar-refractivity contribution in [1.82, 2.24) is 24.5 Å². The first-order valence-electron chi connectivity index (χ1n) is 8.17. The molecule has 1 aromatic heterocycles. The Bertz CT molecular complexity index is 895. The number of rotatable bonds is 4. The highest BCUT2D eigenvalue weighted by atomic mass is 32.2. The van der Waals surface area contributed by atoms with Gasteiger partial charge >= 0.3 is 0 Å². The van der Waals surface area contributed by atoms with Crippen LogP contribution in [0.2, 0.25) is 0 Å². The molecule has 24 heavy (non-hydrogen) atoms. The number of nitrogens with zero attached hydrogens (tertiary/aromatic N) is 5. The number of sulfonamides is 1. The van der Waals surface area contributed by atoms with Crippen LogP contribution in [0.3, 0.4) is 0 Å². The molecule has 2 heterocycles. The number of hydrogen-bond acceptors (Lipinski definition) is 5. The highest BCUT2D eigenvalue weighted by molar-refractivity contribution is 7.90. The Morgan fingerprint density at radius 2 is 1.88 bits per heavy atom. The summed E-state index contributed by atoms with van der Waals surface area (Å²) in [5.41, 5.74) is 3.33. The molecule has 7 nitrogen and oxygen atoms in total. The average Bonchev–Trinajstić information content (AvgIpc) is 3.07. The van der Waals surface area contributed by atoms with Gasteiger partial charge in [0.05, 0.1) is 4.75 Å². The molecule has 0 spiro atoms. The van der Waals surface area contributed by atoms with Crippen molar-refractivity contribution in [3.63, 3.8) is 0 Å². The van der Waals surface area contributed by atoms with Crippen LogP contribution in [0.5, 0.6) is 0 Å². The third-order valence-corrected chi connectivity index (χ3v) is 7.90. The minimum absolute atomic E-state index is 0.0325. The molecule has 8 heteroatoms. The van der Waals surface area contributed by atoms with Gasteiger partial charge in [0.25, 0.3) is 0 Å². The predicted molar refractivity (Wildman–Crippen MR) is 89.9 cm³/mol. The van der Waals surface area contributed by atoms with Crippen LogP contribution in [0.15, 0.2) is 18.2 Å². The summed E-state index contributed by atoms with van der Waals surface area (Å²) in [4.78, 5) is 1.55. The maximum atomic E-state index is 12.4. The Morgan fingerprint density at radius 3 is 2.50 bits per heavy atom. The van der Waals surface area contributed by atoms with Crippen molar-refractivity contribution in [2.45, 2.75) is 44.4 Å². The third kappa shape index (κ3) is 2.36. The van der Waals surface area contributed by atoms with E-state index >= 15 is 0 Å². The third-order valence-electron chi connectivity index (χ3n) is 5.27. The number of benzene rings is 1. The molecule has 0 unspecified atom stereocenters. The first-order chi connectivity index (χ1) is 11.3. The van der Waals surface area contributed by atoms with Crippen molar-refractivity contribution >= 4 is 10.0 Å². The van der Waals surface area contributed by atoms with E-state index in [4.69, 9.17) is 0 Å². The molecule has 128 valence electrons. The van der Waals surface area contributed by atoms with E-state index in [0.29, 0.717) is 18.9 Å². The van der Waals surface area contributed by atoms with Crippen molar-refractivity contribution in [3.05, 3.63) is 29.3 Å². The lowest BCUT2D eigenvalue weighted by Crippen LogP contribution is -2.54. The fraction of sp³-hybridized carbons (Fsp3) is 0.562. The van der Waals surface area contributed by atoms with Gasteiger partial charge in [-0.2, -0.15) is 9.10 Å². The lowest BCUT2D eigenvalue weighted by Gasteiger charge is -2.38. The summed E-state index contributed by atoms with van der Waals surface area (Å²) >= 11 is 0. The number of tetrazole rings is 1. The van der Waals surface area contributed by atoms with E-state index < -0.39 is 14.8 Å². The second-order valence-corrected chi connectivity index (χ2v) is 9.61. The quantitative estimate of drug-likeness (QED) is 0.841. The predicted octanol–water partition coefficient (Wildman–Crippen LogP) is 1.70. The summed E-state index contributed by atoms with van der Waals surface area (Å²) in [6, 6.07) is 6.03. The van der Waals surface area contributed by atoms with Crippen molar-refractivity contribution in [3.8, 4) is 11.4 Å². The van der Waals surface area contributed by atoms with Gasteiger partial charge in [0.15, 0.2) is 0 Å². The largest absolute Gasteiger partial charge is 0.219 e. The molecule has 2 aliphatic rings. The molecule has 1 aliphatic heterocycles. The first kappa shape index (κ1) is 15.7. The molecule has 2 aromatic rings. The van der Waals surface area contributed by atoms with Crippen LogP contribution in [0.4, 0.5) is 0 Å². The highest BCUT2D eigenvalue weighted by Gasteiger charge is 2.55. The molecule has 1 aromatic carbocycles. The van der Waals surface area contributed by atoms with E-state index in [-0.39, 0.29) is 6.04 Å². The molecule has 1 aliphatic carbocycles. The SMILES string of the molecule is Cc1ccc(-c2nnn(C3CN(S(=O)(=O)C4(C)CC4)C3)n2)cc1C. The average molecular weight is 347 g/mol. The zero-order valence-electron chi connectivity index (χ0n) is 14.1. The van der Waals surface area contributed by atoms with Gasteiger partial charge in [0.1, 0.15) is 6.04 Å². The van der Waals surface area contributed by atoms with E-state index in [1.54, 1.807) is 9.10 Å². The van der Waals surface area contributed by atoms with Gasteiger partial charge in [0, 0.05) is 18.7 Å². The Morgan fingerprint density at radius 1 is 1.17 bits per heavy atom. The highest BCUT2D eigenvalue weighted by Crippen LogP contribution is 2.46. The second-order valence-electron chi connectivity index (χ2n) is 7.16. The molecule has 1 saturated heterocycles. The van der Waals surface area contributed by atoms with E-state index in [0.717, 1.165) is 18.4 Å². The normalized spacial score (nSPS) is 20.8. The van der Waals surface area contributed by atoms with E-state index in [2.05, 4.69) is 29.3 Å². The van der Waals surface area contributed by atoms with Gasteiger partial charge < -0.3 is 0 Å². The summed E-state index contributed by atoms with van der Waals surface area (Å²) in [7, 11) is -3.18. The van der Waals surface area contributed by atoms with Crippen molar-refractivity contribution in [1.29, 1.82) is 0 Å². The van der Waals surface area contributed by atoms with Crippen molar-refractivity contribution in [2.24, 2.45) is 0 Å². The maximum absolute atomic E-state index is 12.4. The summed E-state index contributed by atoms with van der Waals surface area (Å²) in [6.45, 7) is 6.80. The standard InChI is InChI=1S/C16H21N5O2S/c1-11-4-5-13(8-12(11)2)15-17-19-21(18-15)14-9-20(10-14)24(22,23)16(3)6-7-16/h4-5,8,14H,6-7,9-10H2,1-3H3. The van der Waals surface area contributed by atoms with E-state index in [9.17, 15) is 8.42 Å². The molecule has 0 amide bonds. The fourth-order valence-corrected chi connectivity index (χ4v) is 4.86. The smallest absolute Gasteiger partial charge is 0.212 e. The van der Waals surface area contributed by atoms with Gasteiger partial charge in [-0.1, -0.05) is 12.1 Å². The number of hydrogen-bond donors (Lipinski definition) is 0. The summed E-state index contributed by atoms with van der Waals surface area (Å²) in [5.74, 6) is 0.577. The number of aryl methyl sites for hydroxylation is 2. The van der Waals surface area contributed by atoms with Crippen LogP contribution < -0.4 is 0 Å². The molecule has 0 N–H and O–H groups in total. The molecular formula is C16H21N5O2S. The molecule has 0 atom stereocenters. The second kappa shape index (κ2) is 5.10. The van der Waals surface area contributed by atoms with Gasteiger partial charge in [-0.3, -0.25) is 0 Å². The van der Waals surface area contributed by atoms with Crippen LogP contribution >= 0.6 is 0 Å². The Balaban J connectivity index is 1.48. The Kier molecular flexibility index (Phi) is 3.34. The Labute approximate surface area is 141 Å². The minimum atomic E-state index is -3.18. The van der Waals surface area contributed by atoms with Crippen LogP contribution in [-0.2, 0) is 10.0 Å². The molecule has 4 rings (SSSR count). The van der Waals surface area contributed by atoms with Crippen LogP contribution in [0, 0.1) is 13.8 Å². The minimum Gasteiger partial charge on any atom is -0.212 e. The number of aromatic nitrogens is 4. The summed E-state index contributed by atoms with van der Waals surface area (Å²) in [5, 5.41) is 12.7. The van der Waals surface area contributed by atoms with Gasteiger partial charge in [-0.15, -0.1) is 10.2 Å². The molecular weight excluding hydrogens is 326 g/mol. The Hall–Kier alpha value is -1.80. The van der Waals surface area contributed by atoms with Crippen molar-refractivity contribution in [2.75, 3.05) is 13.1 Å². The van der Waals surface area contributed by atoms with E-state index in [1.807, 2.05) is 25.1 Å². The van der Waals surface area contributed by atoms with E-state index in [1.165, 1.54) is 11.1 Å². The fourth-order valence-electron chi connectivity index (χ4n) is 2.88. The lowest BCUT2D eigenvalue weighted by molar-refractivity contribution is 0.172. The van der Waals surface area contributed by atoms with Crippen LogP contribution in [0.25, 0.3) is 11.4 Å². The summed E-state index contributed by atoms with van der Waals surface area (Å²) < 4.78 is 25.9. The maximum Gasteiger partial charge on any atom is 0.219 e. The van der Waals surface area contributed by atoms with Crippen molar-refractivity contribution < 1.29 is 8.42 Å². The monoisotopic (exact) mass is 347 g/mol. The lowest BCUT2D eigenvalue weighted by atomic mass is 10.1. The zero-order valence-corrected chi connectivity index (χ0v) is 14.9. The van der Waals surface area contributed by atoms with Gasteiger partial charge in [-0.25, -0.2) is 8.42 Å². The summed E-state index contributed by atoms with van der Waals surface area (Å²) in [6.07, 6.45) is 1.52. The molecule has 2 fully saturated rings. The molecule has 0 radical (unpaired) electrons. The zero-order chi connectivity index (χ0) is 17.1. The van der Waals surface area contributed by atoms with Crippen LogP contribution in [-0.4, -0.2) is 50.8 Å². The topological polar surface area (TPSA) is 81.0 Å².